The van der Waals surface area contributed by atoms with Gasteiger partial charge in [-0.3, -0.25) is 19.4 Å². The molecule has 27 nitrogen and oxygen atoms in total. The Morgan fingerprint density at radius 2 is 0.643 bits per heavy atom. The Hall–Kier alpha value is -9.91. The smallest absolute Gasteiger partial charge is 0.412 e. The third-order valence-corrected chi connectivity index (χ3v) is 25.1. The Morgan fingerprint density at radius 3 is 0.921 bits per heavy atom. The number of unbranched alkanes of at least 4 members (excludes halogenated alkanes) is 8. The molecule has 4 aromatic rings. The Bertz CT molecular complexity index is 4670. The number of aliphatic hydroxyl groups excluding tert-OH is 4. The molecule has 7 N–H and O–H groups in total. The lowest BCUT2D eigenvalue weighted by Crippen LogP contribution is -2.31. The van der Waals surface area contributed by atoms with Gasteiger partial charge >= 0.3 is 42.0 Å². The van der Waals surface area contributed by atoms with Gasteiger partial charge in [0.1, 0.15) is 52.6 Å². The van der Waals surface area contributed by atoms with E-state index in [1.807, 2.05) is 119 Å². The van der Waals surface area contributed by atoms with E-state index in [0.29, 0.717) is 92.4 Å². The van der Waals surface area contributed by atoms with Crippen LogP contribution >= 0.6 is 0 Å². The number of esters is 5. The lowest BCUT2D eigenvalue weighted by molar-refractivity contribution is -0.145. The van der Waals surface area contributed by atoms with Crippen LogP contribution in [0.1, 0.15) is 294 Å². The maximum absolute atomic E-state index is 12.8. The van der Waals surface area contributed by atoms with Gasteiger partial charge in [-0.1, -0.05) is 174 Å². The van der Waals surface area contributed by atoms with E-state index in [1.165, 1.54) is 16.7 Å². The summed E-state index contributed by atoms with van der Waals surface area (Å²) >= 11 is 0. The number of phenols is 1. The van der Waals surface area contributed by atoms with Gasteiger partial charge in [-0.25, -0.2) is 24.0 Å². The fraction of sp³-hybridized carbons (Fsp3) is 0.584. The highest BCUT2D eigenvalue weighted by molar-refractivity contribution is 5.81. The van der Waals surface area contributed by atoms with Crippen LogP contribution in [0.2, 0.25) is 0 Å². The number of likely N-dealkylation sites (N-methyl/N-ethyl adjacent to an activating group) is 2. The van der Waals surface area contributed by atoms with E-state index in [2.05, 4.69) is 104 Å². The summed E-state index contributed by atoms with van der Waals surface area (Å²) in [6, 6.07) is 14.9. The molecule has 778 valence electrons. The van der Waals surface area contributed by atoms with E-state index < -0.39 is 55.5 Å². The van der Waals surface area contributed by atoms with E-state index in [4.69, 9.17) is 52.1 Å². The highest BCUT2D eigenvalue weighted by Gasteiger charge is 2.39. The van der Waals surface area contributed by atoms with Crippen LogP contribution in [0.3, 0.4) is 0 Å². The number of nitrogens with zero attached hydrogens (tertiary/aromatic N) is 2. The number of ether oxygens (including phenoxy) is 11. The lowest BCUT2D eigenvalue weighted by atomic mass is 9.73. The standard InChI is InChI=1S/C30H46O7.C29H44N2O4.C27H40N2O4.C27H38O8/c1-6-7-8-9-24-19-27(31)30(26-18-23(4)10-11-25(26)22(2)3)28(20-24)37-29(32)21-36-17-16-35-15-14-34-13-12-33-5;1-9-10-11-12-22-16-25(34-27(32)18-30(5)6)29(26(17-22)35-28(33)19-31(7)8)24-15-21(4)13-14-23(24)20(2)3;1-7-10-11-12-20-16-23(32-26(30)28-8-2)25(24(17-20)33-27(31)29-9-3)22-15-19(6)13-14-21(22)18(4)5;1-5-6-7-8-18-12-23(34-26(32)21(30)14-28)25(24(13-18)35-27(33)22(31)15-29)20-11-17(4)9-10-19(20)16(2)3/h18-20,25-26,31H,2,6-17,21H2,1,3-5H3;15-17,23-24H,2,9-14,18-19H2,1,3-8H3;15-17,21-22H,4,7-14H2,1-3,5-6H3,(H,28,30)(H,29,31);11-13,19-22,28-31H,2,5-10,14-15H2,1,3-4H3/t25-,26+;;;19-,20+,21-,22-/m0..0/s1. The van der Waals surface area contributed by atoms with Gasteiger partial charge in [0.05, 0.1) is 65.9 Å². The number of aromatic hydroxyl groups is 1. The molecule has 0 spiro atoms. The predicted octanol–water partition coefficient (Wildman–Crippen LogP) is 20.7. The molecule has 4 unspecified atom stereocenters. The minimum atomic E-state index is -1.73. The second kappa shape index (κ2) is 64.6. The molecule has 0 saturated heterocycles. The van der Waals surface area contributed by atoms with E-state index in [1.54, 1.807) is 29.0 Å². The van der Waals surface area contributed by atoms with Crippen molar-refractivity contribution in [2.24, 2.45) is 23.7 Å². The van der Waals surface area contributed by atoms with Crippen LogP contribution in [-0.4, -0.2) is 211 Å². The molecular weight excluding hydrogens is 1780 g/mol. The lowest BCUT2D eigenvalue weighted by Gasteiger charge is -2.32. The van der Waals surface area contributed by atoms with E-state index >= 15 is 0 Å². The first-order chi connectivity index (χ1) is 66.8. The number of aryl methyl sites for hydroxylation is 4. The van der Waals surface area contributed by atoms with Crippen LogP contribution in [0.5, 0.6) is 46.0 Å². The van der Waals surface area contributed by atoms with Gasteiger partial charge < -0.3 is 88.3 Å². The first-order valence-corrected chi connectivity index (χ1v) is 50.5. The number of hydrogen-bond donors (Lipinski definition) is 7. The van der Waals surface area contributed by atoms with Gasteiger partial charge in [-0.2, -0.15) is 0 Å². The van der Waals surface area contributed by atoms with Crippen molar-refractivity contribution in [3.05, 3.63) is 188 Å². The number of methoxy groups -OCH3 is 1. The molecule has 4 aliphatic rings. The Kier molecular flexibility index (Phi) is 55.6. The molecule has 27 heteroatoms. The van der Waals surface area contributed by atoms with Crippen LogP contribution in [0, 0.1) is 23.7 Å². The molecule has 0 aliphatic heterocycles. The number of carbonyl (C=O) groups is 7. The zero-order valence-corrected chi connectivity index (χ0v) is 87.7. The molecule has 0 fully saturated rings. The Labute approximate surface area is 835 Å². The third kappa shape index (κ3) is 41.2. The molecule has 2 amide bonds. The third-order valence-electron chi connectivity index (χ3n) is 25.1. The van der Waals surface area contributed by atoms with Gasteiger partial charge in [0.2, 0.25) is 0 Å². The zero-order valence-electron chi connectivity index (χ0n) is 87.7. The van der Waals surface area contributed by atoms with Crippen molar-refractivity contribution in [1.82, 2.24) is 20.4 Å². The molecule has 10 atom stereocenters. The largest absolute Gasteiger partial charge is 0.507 e. The average Bonchev–Trinajstić information content (AvgIpc) is 0.786. The van der Waals surface area contributed by atoms with Crippen molar-refractivity contribution < 1.29 is 111 Å². The maximum atomic E-state index is 12.8. The molecule has 0 aromatic heterocycles. The van der Waals surface area contributed by atoms with E-state index in [9.17, 15) is 59.1 Å². The summed E-state index contributed by atoms with van der Waals surface area (Å²) in [7, 11) is 8.97. The summed E-state index contributed by atoms with van der Waals surface area (Å²) in [4.78, 5) is 91.7. The topological polar surface area (TPSA) is 353 Å². The number of rotatable bonds is 52. The Morgan fingerprint density at radius 1 is 0.379 bits per heavy atom. The van der Waals surface area contributed by atoms with Crippen LogP contribution in [0.15, 0.2) is 144 Å². The number of aliphatic hydroxyl groups is 4. The van der Waals surface area contributed by atoms with Crippen molar-refractivity contribution >= 4 is 42.0 Å². The fourth-order valence-corrected chi connectivity index (χ4v) is 17.8. The summed E-state index contributed by atoms with van der Waals surface area (Å²) < 4.78 is 61.7. The highest BCUT2D eigenvalue weighted by Crippen LogP contribution is 2.53. The average molecular weight is 1950 g/mol. The van der Waals surface area contributed by atoms with Gasteiger partial charge in [0, 0.05) is 66.1 Å². The second-order valence-corrected chi connectivity index (χ2v) is 38.2. The van der Waals surface area contributed by atoms with Gasteiger partial charge in [-0.15, -0.1) is 0 Å². The number of amides is 2. The summed E-state index contributed by atoms with van der Waals surface area (Å²) in [6.45, 7) is 47.4. The molecule has 8 rings (SSSR count). The second-order valence-electron chi connectivity index (χ2n) is 38.2. The van der Waals surface area contributed by atoms with Crippen LogP contribution in [0.25, 0.3) is 0 Å². The minimum absolute atomic E-state index is 0.0370. The fourth-order valence-electron chi connectivity index (χ4n) is 17.8. The number of benzene rings is 4. The summed E-state index contributed by atoms with van der Waals surface area (Å²) in [5.74, 6) is -0.763. The van der Waals surface area contributed by atoms with Gasteiger partial charge in [-0.05, 0) is 295 Å². The molecule has 0 heterocycles. The van der Waals surface area contributed by atoms with Crippen LogP contribution < -0.4 is 43.8 Å². The normalized spacial score (nSPS) is 18.1. The number of allylic oxidation sites excluding steroid dienone is 12. The van der Waals surface area contributed by atoms with Crippen LogP contribution in [-0.2, 0) is 68.6 Å². The number of carbonyl (C=O) groups excluding carboxylic acids is 7. The molecule has 0 radical (unpaired) electrons. The number of phenolic OH excluding ortho intramolecular Hbond substituents is 1. The summed E-state index contributed by atoms with van der Waals surface area (Å²) in [6.07, 6.45) is 27.2. The quantitative estimate of drug-likeness (QED) is 0.00934. The van der Waals surface area contributed by atoms with Crippen molar-refractivity contribution in [1.29, 1.82) is 0 Å². The zero-order chi connectivity index (χ0) is 104. The monoisotopic (exact) mass is 1950 g/mol. The molecule has 140 heavy (non-hydrogen) atoms. The SMILES string of the molecule is C=C(C)C1CCC(C)=CC1c1c(OC(=O)CN(C)C)cc(CCCCC)cc1OC(=O)CN(C)C.C=C(C)C1CCC(C)=CC1c1c(OC(=O)NCC)cc(CCCCC)cc1OC(=O)NCC.C=C(C)[C@@H]1CCC(C)=C[C@H]1c1c(O)cc(CCCCC)cc1OC(=O)COCCOCCOCCOC.C=C(C)[C@@H]1CCC(C)=C[C@H]1c1c(OC(=O)[C@@H](O)CO)cc(CCCCC)cc1OC(=O)[C@@H](O)CO. The summed E-state index contributed by atoms with van der Waals surface area (Å²) in [5.41, 5.74) is 15.2. The molecular formula is C113H168N4O23. The first kappa shape index (κ1) is 121. The van der Waals surface area contributed by atoms with Gasteiger partial charge in [0.15, 0.2) is 12.2 Å². The number of nitrogens with one attached hydrogen (secondary N) is 2. The van der Waals surface area contributed by atoms with Gasteiger partial charge in [0.25, 0.3) is 0 Å². The first-order valence-electron chi connectivity index (χ1n) is 50.5. The van der Waals surface area contributed by atoms with Crippen molar-refractivity contribution in [3.63, 3.8) is 0 Å². The van der Waals surface area contributed by atoms with E-state index in [-0.39, 0.29) is 103 Å². The molecule has 4 aliphatic carbocycles. The highest BCUT2D eigenvalue weighted by atomic mass is 16.6. The minimum Gasteiger partial charge on any atom is -0.507 e. The van der Waals surface area contributed by atoms with Crippen molar-refractivity contribution in [3.8, 4) is 46.0 Å². The van der Waals surface area contributed by atoms with Crippen molar-refractivity contribution in [2.45, 2.75) is 287 Å². The molecule has 0 bridgehead atoms. The molecule has 4 aromatic carbocycles. The van der Waals surface area contributed by atoms with Crippen molar-refractivity contribution in [2.75, 3.05) is 121 Å². The maximum Gasteiger partial charge on any atom is 0.412 e. The van der Waals surface area contributed by atoms with Crippen LogP contribution in [0.4, 0.5) is 9.59 Å². The van der Waals surface area contributed by atoms with E-state index in [0.717, 1.165) is 209 Å². The molecule has 0 saturated carbocycles. The Balaban J connectivity index is 0.000000329. The predicted molar refractivity (Wildman–Crippen MR) is 552 cm³/mol. The number of hydrogen-bond acceptors (Lipinski definition) is 25. The summed E-state index contributed by atoms with van der Waals surface area (Å²) in [5, 5.41) is 54.6.